The third kappa shape index (κ3) is 2.95. The molecule has 2 heterocycles. The number of benzene rings is 1. The molecule has 2 aromatic rings. The summed E-state index contributed by atoms with van der Waals surface area (Å²) in [5.74, 6) is 0. The lowest BCUT2D eigenvalue weighted by atomic mass is 10.0. The molecule has 0 saturated carbocycles. The number of para-hydroxylation sites is 1. The molecule has 1 aromatic carbocycles. The van der Waals surface area contributed by atoms with Crippen molar-refractivity contribution >= 4 is 5.69 Å². The first-order valence-corrected chi connectivity index (χ1v) is 7.16. The first-order valence-electron chi connectivity index (χ1n) is 7.16. The molecule has 1 fully saturated rings. The van der Waals surface area contributed by atoms with E-state index in [2.05, 4.69) is 46.3 Å². The van der Waals surface area contributed by atoms with Gasteiger partial charge in [-0.2, -0.15) is 0 Å². The fraction of sp³-hybridized carbons (Fsp3) is 0.353. The lowest BCUT2D eigenvalue weighted by Gasteiger charge is -2.21. The van der Waals surface area contributed by atoms with Gasteiger partial charge in [-0.1, -0.05) is 24.3 Å². The molecule has 0 spiro atoms. The molecule has 3 rings (SSSR count). The Kier molecular flexibility index (Phi) is 3.78. The highest BCUT2D eigenvalue weighted by Crippen LogP contribution is 2.25. The number of aromatic nitrogens is 1. The molecule has 2 heteroatoms. The van der Waals surface area contributed by atoms with E-state index in [9.17, 15) is 0 Å². The molecule has 1 aliphatic heterocycles. The van der Waals surface area contributed by atoms with Gasteiger partial charge in [0, 0.05) is 30.7 Å². The molecule has 0 unspecified atom stereocenters. The zero-order valence-electron chi connectivity index (χ0n) is 11.3. The summed E-state index contributed by atoms with van der Waals surface area (Å²) in [6, 6.07) is 15.0. The quantitative estimate of drug-likeness (QED) is 0.828. The second kappa shape index (κ2) is 5.87. The van der Waals surface area contributed by atoms with Gasteiger partial charge in [0.2, 0.25) is 0 Å². The van der Waals surface area contributed by atoms with E-state index in [-0.39, 0.29) is 0 Å². The summed E-state index contributed by atoms with van der Waals surface area (Å²) in [6.07, 6.45) is 6.63. The topological polar surface area (TPSA) is 16.1 Å². The Morgan fingerprint density at radius 2 is 1.68 bits per heavy atom. The number of nitrogens with zero attached hydrogens (tertiary/aromatic N) is 2. The van der Waals surface area contributed by atoms with Crippen LogP contribution >= 0.6 is 0 Å². The number of anilines is 1. The number of aryl methyl sites for hydroxylation is 2. The van der Waals surface area contributed by atoms with E-state index in [0.29, 0.717) is 0 Å². The second-order valence-electron chi connectivity index (χ2n) is 5.14. The molecule has 0 N–H and O–H groups in total. The zero-order valence-corrected chi connectivity index (χ0v) is 11.3. The molecular weight excluding hydrogens is 232 g/mol. The monoisotopic (exact) mass is 252 g/mol. The smallest absolute Gasteiger partial charge is 0.0406 e. The highest BCUT2D eigenvalue weighted by atomic mass is 15.1. The largest absolute Gasteiger partial charge is 0.371 e. The third-order valence-corrected chi connectivity index (χ3v) is 3.81. The summed E-state index contributed by atoms with van der Waals surface area (Å²) in [5.41, 5.74) is 4.06. The predicted octanol–water partition coefficient (Wildman–Crippen LogP) is 3.47. The summed E-state index contributed by atoms with van der Waals surface area (Å²) < 4.78 is 0. The Morgan fingerprint density at radius 3 is 2.47 bits per heavy atom. The van der Waals surface area contributed by atoms with E-state index in [1.165, 1.54) is 42.9 Å². The van der Waals surface area contributed by atoms with Gasteiger partial charge < -0.3 is 4.90 Å². The number of pyridine rings is 1. The third-order valence-electron chi connectivity index (χ3n) is 3.81. The molecule has 2 nitrogen and oxygen atoms in total. The van der Waals surface area contributed by atoms with Gasteiger partial charge in [-0.25, -0.2) is 0 Å². The summed E-state index contributed by atoms with van der Waals surface area (Å²) in [6.45, 7) is 2.42. The minimum atomic E-state index is 1.02. The maximum Gasteiger partial charge on any atom is 0.0406 e. The predicted molar refractivity (Wildman–Crippen MR) is 79.5 cm³/mol. The van der Waals surface area contributed by atoms with Gasteiger partial charge in [0.1, 0.15) is 0 Å². The van der Waals surface area contributed by atoms with Gasteiger partial charge in [0.15, 0.2) is 0 Å². The Bertz CT molecular complexity index is 516. The van der Waals surface area contributed by atoms with Crippen LogP contribution in [-0.2, 0) is 12.8 Å². The van der Waals surface area contributed by atoms with Gasteiger partial charge in [-0.15, -0.1) is 0 Å². The van der Waals surface area contributed by atoms with Crippen molar-refractivity contribution in [3.8, 4) is 0 Å². The first-order chi connectivity index (χ1) is 9.43. The van der Waals surface area contributed by atoms with Gasteiger partial charge in [-0.3, -0.25) is 4.98 Å². The van der Waals surface area contributed by atoms with E-state index in [1.54, 1.807) is 0 Å². The van der Waals surface area contributed by atoms with E-state index < -0.39 is 0 Å². The van der Waals surface area contributed by atoms with Crippen LogP contribution in [0.25, 0.3) is 0 Å². The van der Waals surface area contributed by atoms with Crippen molar-refractivity contribution in [3.05, 3.63) is 59.9 Å². The van der Waals surface area contributed by atoms with E-state index >= 15 is 0 Å². The Morgan fingerprint density at radius 1 is 0.895 bits per heavy atom. The fourth-order valence-corrected chi connectivity index (χ4v) is 2.80. The molecule has 0 atom stereocenters. The van der Waals surface area contributed by atoms with E-state index in [4.69, 9.17) is 0 Å². The standard InChI is InChI=1S/C17H20N2/c1-2-9-17(19-13-5-6-14-19)15(7-1)10-11-16-8-3-4-12-18-16/h1-4,7-9,12H,5-6,10-11,13-14H2. The van der Waals surface area contributed by atoms with Crippen LogP contribution in [0.3, 0.4) is 0 Å². The van der Waals surface area contributed by atoms with E-state index in [1.807, 2.05) is 12.3 Å². The van der Waals surface area contributed by atoms with Crippen LogP contribution in [0.2, 0.25) is 0 Å². The Balaban J connectivity index is 1.73. The minimum Gasteiger partial charge on any atom is -0.371 e. The molecule has 98 valence electrons. The molecule has 1 aromatic heterocycles. The molecule has 19 heavy (non-hydrogen) atoms. The zero-order chi connectivity index (χ0) is 12.9. The Labute approximate surface area is 115 Å². The summed E-state index contributed by atoms with van der Waals surface area (Å²) in [7, 11) is 0. The average molecular weight is 252 g/mol. The first kappa shape index (κ1) is 12.2. The minimum absolute atomic E-state index is 1.02. The SMILES string of the molecule is c1ccc(CCc2ccccc2N2CCCC2)nc1. The molecule has 0 amide bonds. The molecular formula is C17H20N2. The molecule has 1 aliphatic rings. The van der Waals surface area contributed by atoms with E-state index in [0.717, 1.165) is 12.8 Å². The van der Waals surface area contributed by atoms with Gasteiger partial charge in [-0.05, 0) is 49.4 Å². The van der Waals surface area contributed by atoms with Crippen LogP contribution in [0.15, 0.2) is 48.7 Å². The van der Waals surface area contributed by atoms with Crippen LogP contribution in [0, 0.1) is 0 Å². The second-order valence-corrected chi connectivity index (χ2v) is 5.14. The maximum atomic E-state index is 4.41. The van der Waals surface area contributed by atoms with Crippen LogP contribution in [0.1, 0.15) is 24.1 Å². The van der Waals surface area contributed by atoms with Gasteiger partial charge >= 0.3 is 0 Å². The highest BCUT2D eigenvalue weighted by molar-refractivity contribution is 5.54. The van der Waals surface area contributed by atoms with Crippen LogP contribution in [0.5, 0.6) is 0 Å². The lowest BCUT2D eigenvalue weighted by Crippen LogP contribution is -2.19. The molecule has 0 radical (unpaired) electrons. The van der Waals surface area contributed by atoms with Crippen molar-refractivity contribution in [2.75, 3.05) is 18.0 Å². The lowest BCUT2D eigenvalue weighted by molar-refractivity contribution is 0.889. The summed E-state index contributed by atoms with van der Waals surface area (Å²) >= 11 is 0. The normalized spacial score (nSPS) is 14.8. The van der Waals surface area contributed by atoms with Crippen LogP contribution < -0.4 is 4.90 Å². The average Bonchev–Trinajstić information content (AvgIpc) is 3.01. The van der Waals surface area contributed by atoms with Crippen molar-refractivity contribution in [3.63, 3.8) is 0 Å². The Hall–Kier alpha value is -1.83. The van der Waals surface area contributed by atoms with Crippen molar-refractivity contribution in [2.24, 2.45) is 0 Å². The van der Waals surface area contributed by atoms with Crippen molar-refractivity contribution < 1.29 is 0 Å². The van der Waals surface area contributed by atoms with Crippen molar-refractivity contribution in [1.29, 1.82) is 0 Å². The fourth-order valence-electron chi connectivity index (χ4n) is 2.80. The number of hydrogen-bond donors (Lipinski definition) is 0. The molecule has 0 bridgehead atoms. The highest BCUT2D eigenvalue weighted by Gasteiger charge is 2.14. The van der Waals surface area contributed by atoms with Crippen LogP contribution in [0.4, 0.5) is 5.69 Å². The van der Waals surface area contributed by atoms with Gasteiger partial charge in [0.05, 0.1) is 0 Å². The summed E-state index contributed by atoms with van der Waals surface area (Å²) in [5, 5.41) is 0. The van der Waals surface area contributed by atoms with Crippen molar-refractivity contribution in [2.45, 2.75) is 25.7 Å². The maximum absolute atomic E-state index is 4.41. The van der Waals surface area contributed by atoms with Crippen LogP contribution in [-0.4, -0.2) is 18.1 Å². The molecule has 0 aliphatic carbocycles. The summed E-state index contributed by atoms with van der Waals surface area (Å²) in [4.78, 5) is 6.93. The van der Waals surface area contributed by atoms with Gasteiger partial charge in [0.25, 0.3) is 0 Å². The number of hydrogen-bond acceptors (Lipinski definition) is 2. The van der Waals surface area contributed by atoms with Crippen molar-refractivity contribution in [1.82, 2.24) is 4.98 Å². The molecule has 1 saturated heterocycles. The number of rotatable bonds is 4.